The summed E-state index contributed by atoms with van der Waals surface area (Å²) in [5.74, 6) is -6.69. The molecule has 2 nitrogen and oxygen atoms in total. The highest BCUT2D eigenvalue weighted by molar-refractivity contribution is 5.80. The molecule has 2 rings (SSSR count). The maximum atomic E-state index is 14.0. The van der Waals surface area contributed by atoms with E-state index in [0.29, 0.717) is 0 Å². The zero-order chi connectivity index (χ0) is 15.7. The summed E-state index contributed by atoms with van der Waals surface area (Å²) >= 11 is 0. The van der Waals surface area contributed by atoms with Gasteiger partial charge in [0.2, 0.25) is 0 Å². The van der Waals surface area contributed by atoms with Gasteiger partial charge in [-0.3, -0.25) is 4.79 Å². The molecule has 0 aliphatic rings. The van der Waals surface area contributed by atoms with Gasteiger partial charge < -0.3 is 4.74 Å². The highest BCUT2D eigenvalue weighted by atomic mass is 19.2. The number of benzene rings is 2. The van der Waals surface area contributed by atoms with Gasteiger partial charge in [-0.2, -0.15) is 0 Å². The number of carbonyl (C=O) groups excluding carboxylic acids is 1. The van der Waals surface area contributed by atoms with E-state index in [1.807, 2.05) is 0 Å². The summed E-state index contributed by atoms with van der Waals surface area (Å²) in [5.41, 5.74) is -1.59. The van der Waals surface area contributed by atoms with Crippen LogP contribution in [0.4, 0.5) is 17.6 Å². The summed E-state index contributed by atoms with van der Waals surface area (Å²) < 4.78 is 60.3. The number of hydrogen-bond acceptors (Lipinski definition) is 2. The lowest BCUT2D eigenvalue weighted by Gasteiger charge is -2.13. The number of aryl methyl sites for hydroxylation is 1. The fourth-order valence-electron chi connectivity index (χ4n) is 1.99. The second-order valence-electron chi connectivity index (χ2n) is 4.37. The van der Waals surface area contributed by atoms with Gasteiger partial charge in [0, 0.05) is 5.56 Å². The van der Waals surface area contributed by atoms with Crippen molar-refractivity contribution >= 4 is 6.29 Å². The summed E-state index contributed by atoms with van der Waals surface area (Å²) in [6, 6.07) is 4.27. The van der Waals surface area contributed by atoms with Gasteiger partial charge in [0.05, 0.1) is 18.2 Å². The predicted octanol–water partition coefficient (Wildman–Crippen LogP) is 4.04. The van der Waals surface area contributed by atoms with Crippen LogP contribution in [0.25, 0.3) is 11.1 Å². The molecule has 0 aromatic heterocycles. The number of halogens is 4. The zero-order valence-electron chi connectivity index (χ0n) is 11.1. The van der Waals surface area contributed by atoms with Crippen molar-refractivity contribution in [1.82, 2.24) is 0 Å². The normalized spacial score (nSPS) is 10.6. The molecular weight excluding hydrogens is 288 g/mol. The van der Waals surface area contributed by atoms with Crippen molar-refractivity contribution in [2.45, 2.75) is 6.92 Å². The Labute approximate surface area is 118 Å². The molecule has 0 atom stereocenters. The van der Waals surface area contributed by atoms with Crippen molar-refractivity contribution in [2.24, 2.45) is 0 Å². The molecule has 0 N–H and O–H groups in total. The molecule has 6 heteroatoms. The summed E-state index contributed by atoms with van der Waals surface area (Å²) in [5, 5.41) is 0. The predicted molar refractivity (Wildman–Crippen MR) is 68.4 cm³/mol. The number of methoxy groups -OCH3 is 1. The Bertz CT molecular complexity index is 697. The van der Waals surface area contributed by atoms with Crippen LogP contribution < -0.4 is 4.74 Å². The van der Waals surface area contributed by atoms with E-state index in [-0.39, 0.29) is 17.6 Å². The quantitative estimate of drug-likeness (QED) is 0.485. The maximum absolute atomic E-state index is 14.0. The van der Waals surface area contributed by atoms with E-state index in [9.17, 15) is 22.4 Å². The van der Waals surface area contributed by atoms with Crippen molar-refractivity contribution in [3.8, 4) is 16.9 Å². The third-order valence-corrected chi connectivity index (χ3v) is 3.04. The first-order valence-corrected chi connectivity index (χ1v) is 5.88. The first kappa shape index (κ1) is 15.0. The average molecular weight is 298 g/mol. The third-order valence-electron chi connectivity index (χ3n) is 3.04. The van der Waals surface area contributed by atoms with Gasteiger partial charge in [0.25, 0.3) is 0 Å². The van der Waals surface area contributed by atoms with Crippen molar-refractivity contribution in [3.05, 3.63) is 52.6 Å². The van der Waals surface area contributed by atoms with E-state index in [1.165, 1.54) is 25.3 Å². The van der Waals surface area contributed by atoms with Gasteiger partial charge in [-0.15, -0.1) is 0 Å². The molecule has 21 heavy (non-hydrogen) atoms. The molecule has 0 bridgehead atoms. The lowest BCUT2D eigenvalue weighted by atomic mass is 9.99. The Morgan fingerprint density at radius 2 is 1.57 bits per heavy atom. The molecule has 0 saturated heterocycles. The summed E-state index contributed by atoms with van der Waals surface area (Å²) in [7, 11) is 1.26. The van der Waals surface area contributed by atoms with Crippen LogP contribution in [0.5, 0.6) is 5.75 Å². The van der Waals surface area contributed by atoms with Crippen LogP contribution in [-0.2, 0) is 0 Å². The van der Waals surface area contributed by atoms with Crippen LogP contribution in [-0.4, -0.2) is 13.4 Å². The molecule has 0 aliphatic carbocycles. The van der Waals surface area contributed by atoms with E-state index in [4.69, 9.17) is 4.74 Å². The second kappa shape index (κ2) is 5.55. The molecule has 0 heterocycles. The van der Waals surface area contributed by atoms with E-state index >= 15 is 0 Å². The number of hydrogen-bond donors (Lipinski definition) is 0. The third kappa shape index (κ3) is 2.37. The fourth-order valence-corrected chi connectivity index (χ4v) is 1.99. The Kier molecular flexibility index (Phi) is 3.97. The van der Waals surface area contributed by atoms with E-state index in [1.54, 1.807) is 6.92 Å². The smallest absolute Gasteiger partial charge is 0.173 e. The largest absolute Gasteiger partial charge is 0.496 e. The van der Waals surface area contributed by atoms with Crippen LogP contribution in [0.1, 0.15) is 15.9 Å². The van der Waals surface area contributed by atoms with Crippen LogP contribution in [0, 0.1) is 30.2 Å². The molecule has 0 unspecified atom stereocenters. The van der Waals surface area contributed by atoms with Crippen molar-refractivity contribution in [1.29, 1.82) is 0 Å². The molecule has 0 fully saturated rings. The number of aldehydes is 1. The van der Waals surface area contributed by atoms with Crippen LogP contribution in [0.3, 0.4) is 0 Å². The second-order valence-corrected chi connectivity index (χ2v) is 4.37. The minimum Gasteiger partial charge on any atom is -0.496 e. The molecule has 0 amide bonds. The summed E-state index contributed by atoms with van der Waals surface area (Å²) in [6.45, 7) is 1.72. The molecule has 2 aromatic carbocycles. The van der Waals surface area contributed by atoms with Crippen molar-refractivity contribution < 1.29 is 27.1 Å². The molecule has 0 radical (unpaired) electrons. The average Bonchev–Trinajstić information content (AvgIpc) is 2.47. The first-order chi connectivity index (χ1) is 9.92. The highest BCUT2D eigenvalue weighted by Crippen LogP contribution is 2.37. The number of ether oxygens (including phenoxy) is 1. The monoisotopic (exact) mass is 298 g/mol. The number of carbonyl (C=O) groups is 1. The first-order valence-electron chi connectivity index (χ1n) is 5.88. The molecule has 110 valence electrons. The van der Waals surface area contributed by atoms with Crippen molar-refractivity contribution in [2.75, 3.05) is 7.11 Å². The molecular formula is C15H10F4O2. The van der Waals surface area contributed by atoms with Crippen LogP contribution in [0.2, 0.25) is 0 Å². The molecule has 2 aromatic rings. The lowest BCUT2D eigenvalue weighted by molar-refractivity contribution is 0.111. The summed E-state index contributed by atoms with van der Waals surface area (Å²) in [4.78, 5) is 10.5. The van der Waals surface area contributed by atoms with Crippen LogP contribution in [0.15, 0.2) is 18.2 Å². The fraction of sp³-hybridized carbons (Fsp3) is 0.133. The van der Waals surface area contributed by atoms with E-state index in [2.05, 4.69) is 0 Å². The van der Waals surface area contributed by atoms with Crippen LogP contribution >= 0.6 is 0 Å². The van der Waals surface area contributed by atoms with E-state index in [0.717, 1.165) is 5.56 Å². The Balaban J connectivity index is 2.85. The standard InChI is InChI=1S/C15H10F4O2/c1-7-3-4-8(10(5-7)21-2)11-14(18)12(16)9(6-20)13(17)15(11)19/h3-6H,1-2H3. The topological polar surface area (TPSA) is 26.3 Å². The van der Waals surface area contributed by atoms with Gasteiger partial charge in [-0.05, 0) is 18.6 Å². The van der Waals surface area contributed by atoms with Gasteiger partial charge in [-0.1, -0.05) is 12.1 Å². The van der Waals surface area contributed by atoms with Crippen molar-refractivity contribution in [3.63, 3.8) is 0 Å². The highest BCUT2D eigenvalue weighted by Gasteiger charge is 2.27. The van der Waals surface area contributed by atoms with Gasteiger partial charge in [0.1, 0.15) is 5.75 Å². The molecule has 0 spiro atoms. The summed E-state index contributed by atoms with van der Waals surface area (Å²) in [6.07, 6.45) is -0.271. The Morgan fingerprint density at radius 3 is 2.05 bits per heavy atom. The number of rotatable bonds is 3. The minimum absolute atomic E-state index is 0.0606. The van der Waals surface area contributed by atoms with Gasteiger partial charge in [-0.25, -0.2) is 17.6 Å². The van der Waals surface area contributed by atoms with Gasteiger partial charge >= 0.3 is 0 Å². The Hall–Kier alpha value is -2.37. The Morgan fingerprint density at radius 1 is 1.00 bits per heavy atom. The maximum Gasteiger partial charge on any atom is 0.173 e. The zero-order valence-corrected chi connectivity index (χ0v) is 11.1. The molecule has 0 aliphatic heterocycles. The molecule has 0 saturated carbocycles. The lowest BCUT2D eigenvalue weighted by Crippen LogP contribution is -2.06. The van der Waals surface area contributed by atoms with Gasteiger partial charge in [0.15, 0.2) is 29.6 Å². The minimum atomic E-state index is -1.73. The van der Waals surface area contributed by atoms with E-state index < -0.39 is 34.4 Å². The SMILES string of the molecule is COc1cc(C)ccc1-c1c(F)c(F)c(C=O)c(F)c1F.